The Morgan fingerprint density at radius 2 is 2.11 bits per heavy atom. The number of hydrogen-bond acceptors (Lipinski definition) is 4. The molecule has 0 aliphatic carbocycles. The van der Waals surface area contributed by atoms with E-state index in [0.29, 0.717) is 6.61 Å². The molecule has 4 heteroatoms. The fourth-order valence-electron chi connectivity index (χ4n) is 2.39. The molecule has 18 heavy (non-hydrogen) atoms. The molecular formula is C14H20N2O2. The van der Waals surface area contributed by atoms with Gasteiger partial charge in [0.2, 0.25) is 0 Å². The van der Waals surface area contributed by atoms with E-state index in [4.69, 9.17) is 10.5 Å². The van der Waals surface area contributed by atoms with Gasteiger partial charge >= 0.3 is 5.97 Å². The van der Waals surface area contributed by atoms with Gasteiger partial charge in [0.25, 0.3) is 0 Å². The van der Waals surface area contributed by atoms with Gasteiger partial charge < -0.3 is 15.4 Å². The first-order valence-electron chi connectivity index (χ1n) is 6.51. The van der Waals surface area contributed by atoms with E-state index in [-0.39, 0.29) is 12.0 Å². The van der Waals surface area contributed by atoms with Crippen LogP contribution in [0, 0.1) is 0 Å². The van der Waals surface area contributed by atoms with Crippen LogP contribution in [0.15, 0.2) is 24.3 Å². The Labute approximate surface area is 108 Å². The molecule has 0 aromatic heterocycles. The van der Waals surface area contributed by atoms with Crippen molar-refractivity contribution in [1.29, 1.82) is 0 Å². The summed E-state index contributed by atoms with van der Waals surface area (Å²) in [6.45, 7) is 3.17. The quantitative estimate of drug-likeness (QED) is 0.658. The molecule has 1 aromatic carbocycles. The summed E-state index contributed by atoms with van der Waals surface area (Å²) in [5.74, 6) is -0.117. The van der Waals surface area contributed by atoms with Gasteiger partial charge in [-0.1, -0.05) is 0 Å². The minimum Gasteiger partial charge on any atom is -0.464 e. The monoisotopic (exact) mass is 248 g/mol. The van der Waals surface area contributed by atoms with Crippen LogP contribution in [0.5, 0.6) is 0 Å². The van der Waals surface area contributed by atoms with E-state index in [9.17, 15) is 4.79 Å². The lowest BCUT2D eigenvalue weighted by Gasteiger charge is -2.35. The van der Waals surface area contributed by atoms with Gasteiger partial charge in [-0.3, -0.25) is 0 Å². The number of hydrogen-bond donors (Lipinski definition) is 1. The van der Waals surface area contributed by atoms with Crippen LogP contribution >= 0.6 is 0 Å². The maximum Gasteiger partial charge on any atom is 0.328 e. The topological polar surface area (TPSA) is 55.6 Å². The summed E-state index contributed by atoms with van der Waals surface area (Å²) in [5.41, 5.74) is 7.47. The Morgan fingerprint density at radius 1 is 1.39 bits per heavy atom. The third kappa shape index (κ3) is 2.75. The van der Waals surface area contributed by atoms with Crippen molar-refractivity contribution in [2.45, 2.75) is 32.2 Å². The highest BCUT2D eigenvalue weighted by Gasteiger charge is 2.29. The van der Waals surface area contributed by atoms with Crippen LogP contribution in [0.2, 0.25) is 0 Å². The smallest absolute Gasteiger partial charge is 0.328 e. The molecule has 1 heterocycles. The lowest BCUT2D eigenvalue weighted by atomic mass is 10.0. The van der Waals surface area contributed by atoms with Crippen molar-refractivity contribution in [2.75, 3.05) is 23.8 Å². The Balaban J connectivity index is 2.17. The molecule has 0 bridgehead atoms. The Bertz CT molecular complexity index is 403. The van der Waals surface area contributed by atoms with E-state index in [1.165, 1.54) is 0 Å². The average molecular weight is 248 g/mol. The summed E-state index contributed by atoms with van der Waals surface area (Å²) in [6.07, 6.45) is 3.05. The summed E-state index contributed by atoms with van der Waals surface area (Å²) in [5, 5.41) is 0. The summed E-state index contributed by atoms with van der Waals surface area (Å²) < 4.78 is 5.15. The van der Waals surface area contributed by atoms with E-state index < -0.39 is 0 Å². The third-order valence-corrected chi connectivity index (χ3v) is 3.29. The third-order valence-electron chi connectivity index (χ3n) is 3.29. The minimum absolute atomic E-state index is 0.117. The van der Waals surface area contributed by atoms with E-state index in [0.717, 1.165) is 37.2 Å². The molecule has 1 aliphatic rings. The Morgan fingerprint density at radius 3 is 2.78 bits per heavy atom. The number of carbonyl (C=O) groups excluding carboxylic acids is 1. The molecule has 2 rings (SSSR count). The summed E-state index contributed by atoms with van der Waals surface area (Å²) in [4.78, 5) is 14.1. The van der Waals surface area contributed by atoms with E-state index in [1.807, 2.05) is 31.2 Å². The van der Waals surface area contributed by atoms with Crippen molar-refractivity contribution in [3.63, 3.8) is 0 Å². The fourth-order valence-corrected chi connectivity index (χ4v) is 2.39. The first kappa shape index (κ1) is 12.7. The number of anilines is 2. The molecule has 1 atom stereocenters. The van der Waals surface area contributed by atoms with Crippen LogP contribution in [0.3, 0.4) is 0 Å². The van der Waals surface area contributed by atoms with Gasteiger partial charge in [-0.05, 0) is 50.5 Å². The molecule has 2 N–H and O–H groups in total. The van der Waals surface area contributed by atoms with Crippen molar-refractivity contribution in [2.24, 2.45) is 0 Å². The number of nitrogens with zero attached hydrogens (tertiary/aromatic N) is 1. The SMILES string of the molecule is CCOC(=O)[C@H]1CCCCN1c1ccc(N)cc1. The van der Waals surface area contributed by atoms with Crippen LogP contribution < -0.4 is 10.6 Å². The van der Waals surface area contributed by atoms with Crippen molar-refractivity contribution in [3.05, 3.63) is 24.3 Å². The number of benzene rings is 1. The molecule has 0 radical (unpaired) electrons. The number of nitrogen functional groups attached to an aromatic ring is 1. The first-order valence-corrected chi connectivity index (χ1v) is 6.51. The van der Waals surface area contributed by atoms with Crippen LogP contribution in [0.4, 0.5) is 11.4 Å². The molecule has 0 unspecified atom stereocenters. The lowest BCUT2D eigenvalue weighted by Crippen LogP contribution is -2.45. The normalized spacial score (nSPS) is 19.6. The summed E-state index contributed by atoms with van der Waals surface area (Å²) >= 11 is 0. The highest BCUT2D eigenvalue weighted by molar-refractivity contribution is 5.80. The van der Waals surface area contributed by atoms with Crippen LogP contribution in [-0.2, 0) is 9.53 Å². The van der Waals surface area contributed by atoms with Gasteiger partial charge in [-0.25, -0.2) is 4.79 Å². The standard InChI is InChI=1S/C14H20N2O2/c1-2-18-14(17)13-5-3-4-10-16(13)12-8-6-11(15)7-9-12/h6-9,13H,2-5,10,15H2,1H3/t13-/m1/s1. The molecule has 4 nitrogen and oxygen atoms in total. The Hall–Kier alpha value is -1.71. The first-order chi connectivity index (χ1) is 8.72. The van der Waals surface area contributed by atoms with Gasteiger partial charge in [0.05, 0.1) is 6.61 Å². The number of rotatable bonds is 3. The molecule has 1 aliphatic heterocycles. The number of esters is 1. The van der Waals surface area contributed by atoms with Gasteiger partial charge in [0.15, 0.2) is 0 Å². The molecule has 1 aromatic rings. The van der Waals surface area contributed by atoms with Crippen LogP contribution in [-0.4, -0.2) is 25.2 Å². The highest BCUT2D eigenvalue weighted by atomic mass is 16.5. The van der Waals surface area contributed by atoms with Gasteiger partial charge in [0.1, 0.15) is 6.04 Å². The molecule has 1 saturated heterocycles. The lowest BCUT2D eigenvalue weighted by molar-refractivity contribution is -0.145. The zero-order valence-corrected chi connectivity index (χ0v) is 10.8. The van der Waals surface area contributed by atoms with Gasteiger partial charge in [0, 0.05) is 17.9 Å². The second kappa shape index (κ2) is 5.76. The predicted molar refractivity (Wildman–Crippen MR) is 72.5 cm³/mol. The molecule has 98 valence electrons. The van der Waals surface area contributed by atoms with Crippen molar-refractivity contribution in [1.82, 2.24) is 0 Å². The van der Waals surface area contributed by atoms with Gasteiger partial charge in [-0.2, -0.15) is 0 Å². The number of piperidine rings is 1. The van der Waals surface area contributed by atoms with Crippen molar-refractivity contribution >= 4 is 17.3 Å². The van der Waals surface area contributed by atoms with E-state index in [2.05, 4.69) is 4.90 Å². The van der Waals surface area contributed by atoms with E-state index >= 15 is 0 Å². The maximum absolute atomic E-state index is 12.0. The van der Waals surface area contributed by atoms with Gasteiger partial charge in [-0.15, -0.1) is 0 Å². The molecular weight excluding hydrogens is 228 g/mol. The largest absolute Gasteiger partial charge is 0.464 e. The average Bonchev–Trinajstić information content (AvgIpc) is 2.40. The minimum atomic E-state index is -0.151. The van der Waals surface area contributed by atoms with E-state index in [1.54, 1.807) is 0 Å². The Kier molecular flexibility index (Phi) is 4.07. The van der Waals surface area contributed by atoms with Crippen LogP contribution in [0.1, 0.15) is 26.2 Å². The highest BCUT2D eigenvalue weighted by Crippen LogP contribution is 2.26. The number of nitrogens with two attached hydrogens (primary N) is 1. The molecule has 1 fully saturated rings. The number of ether oxygens (including phenoxy) is 1. The second-order valence-electron chi connectivity index (χ2n) is 4.55. The summed E-state index contributed by atoms with van der Waals surface area (Å²) in [7, 11) is 0. The zero-order chi connectivity index (χ0) is 13.0. The predicted octanol–water partition coefficient (Wildman–Crippen LogP) is 2.19. The maximum atomic E-state index is 12.0. The molecule has 0 amide bonds. The van der Waals surface area contributed by atoms with Crippen LogP contribution in [0.25, 0.3) is 0 Å². The van der Waals surface area contributed by atoms with Crippen molar-refractivity contribution < 1.29 is 9.53 Å². The number of carbonyl (C=O) groups is 1. The second-order valence-corrected chi connectivity index (χ2v) is 4.55. The zero-order valence-electron chi connectivity index (χ0n) is 10.8. The molecule has 0 saturated carbocycles. The fraction of sp³-hybridized carbons (Fsp3) is 0.500. The van der Waals surface area contributed by atoms with Crippen molar-refractivity contribution in [3.8, 4) is 0 Å². The summed E-state index contributed by atoms with van der Waals surface area (Å²) in [6, 6.07) is 7.51. The molecule has 0 spiro atoms.